The van der Waals surface area contributed by atoms with Gasteiger partial charge in [0.1, 0.15) is 0 Å². The lowest BCUT2D eigenvalue weighted by atomic mass is 9.94. The van der Waals surface area contributed by atoms with Gasteiger partial charge in [-0.15, -0.1) is 0 Å². The Morgan fingerprint density at radius 1 is 1.40 bits per heavy atom. The van der Waals surface area contributed by atoms with Crippen molar-refractivity contribution >= 4 is 17.3 Å². The van der Waals surface area contributed by atoms with Crippen LogP contribution in [0.15, 0.2) is 17.8 Å². The molecular weight excluding hydrogens is 266 g/mol. The van der Waals surface area contributed by atoms with E-state index >= 15 is 0 Å². The third-order valence-electron chi connectivity index (χ3n) is 3.20. The average molecular weight is 282 g/mol. The molecule has 1 aromatic carbocycles. The van der Waals surface area contributed by atoms with Gasteiger partial charge in [-0.1, -0.05) is 0 Å². The number of hydrazine groups is 1. The number of anilines is 2. The fourth-order valence-corrected chi connectivity index (χ4v) is 2.09. The molecule has 0 radical (unpaired) electrons. The van der Waals surface area contributed by atoms with Gasteiger partial charge in [-0.25, -0.2) is 14.6 Å². The van der Waals surface area contributed by atoms with E-state index < -0.39 is 23.1 Å². The number of carbonyl (C=O) groups excluding carboxylic acids is 1. The predicted molar refractivity (Wildman–Crippen MR) is 72.8 cm³/mol. The minimum absolute atomic E-state index is 0.0535. The zero-order valence-electron chi connectivity index (χ0n) is 11.4. The van der Waals surface area contributed by atoms with Crippen molar-refractivity contribution in [1.82, 2.24) is 5.43 Å². The first-order valence-corrected chi connectivity index (χ1v) is 6.03. The van der Waals surface area contributed by atoms with Crippen LogP contribution in [0.2, 0.25) is 0 Å². The van der Waals surface area contributed by atoms with Crippen molar-refractivity contribution in [2.75, 3.05) is 10.6 Å². The van der Waals surface area contributed by atoms with Crippen LogP contribution in [0.3, 0.4) is 0 Å². The summed E-state index contributed by atoms with van der Waals surface area (Å²) in [6.07, 6.45) is 1.27. The van der Waals surface area contributed by atoms with E-state index in [0.29, 0.717) is 16.9 Å². The van der Waals surface area contributed by atoms with Crippen molar-refractivity contribution < 1.29 is 13.6 Å². The van der Waals surface area contributed by atoms with Crippen molar-refractivity contribution in [2.24, 2.45) is 5.84 Å². The fourth-order valence-electron chi connectivity index (χ4n) is 2.09. The molecule has 0 bridgehead atoms. The molecule has 0 fully saturated rings. The first kappa shape index (κ1) is 14.3. The molecule has 1 aromatic rings. The number of hydrogen-bond acceptors (Lipinski definition) is 4. The van der Waals surface area contributed by atoms with Crippen LogP contribution in [0.25, 0.3) is 0 Å². The molecule has 0 spiro atoms. The molecule has 5 N–H and O–H groups in total. The lowest BCUT2D eigenvalue weighted by Gasteiger charge is -2.38. The molecule has 1 aliphatic rings. The van der Waals surface area contributed by atoms with E-state index in [1.165, 1.54) is 6.08 Å². The Bertz CT molecular complexity index is 611. The van der Waals surface area contributed by atoms with Gasteiger partial charge in [0, 0.05) is 11.8 Å². The van der Waals surface area contributed by atoms with Gasteiger partial charge in [0.05, 0.1) is 16.9 Å². The second-order valence-electron chi connectivity index (χ2n) is 5.18. The average Bonchev–Trinajstić information content (AvgIpc) is 2.37. The Kier molecular flexibility index (Phi) is 3.39. The molecule has 20 heavy (non-hydrogen) atoms. The summed E-state index contributed by atoms with van der Waals surface area (Å²) < 4.78 is 27.3. The van der Waals surface area contributed by atoms with Crippen LogP contribution in [0.5, 0.6) is 0 Å². The highest BCUT2D eigenvalue weighted by molar-refractivity contribution is 5.90. The van der Waals surface area contributed by atoms with Crippen molar-refractivity contribution in [3.63, 3.8) is 0 Å². The highest BCUT2D eigenvalue weighted by Gasteiger charge is 2.33. The van der Waals surface area contributed by atoms with E-state index in [-0.39, 0.29) is 5.69 Å². The second-order valence-corrected chi connectivity index (χ2v) is 5.18. The monoisotopic (exact) mass is 282 g/mol. The molecule has 0 aliphatic carbocycles. The Labute approximate surface area is 115 Å². The molecule has 0 saturated heterocycles. The van der Waals surface area contributed by atoms with Crippen molar-refractivity contribution in [1.29, 1.82) is 0 Å². The van der Waals surface area contributed by atoms with Crippen molar-refractivity contribution in [3.8, 4) is 0 Å². The smallest absolute Gasteiger partial charge is 0.259 e. The molecule has 7 heteroatoms. The summed E-state index contributed by atoms with van der Waals surface area (Å²) in [7, 11) is 0. The summed E-state index contributed by atoms with van der Waals surface area (Å²) >= 11 is 0. The molecular formula is C13H16F2N4O. The van der Waals surface area contributed by atoms with Gasteiger partial charge in [-0.2, -0.15) is 0 Å². The fraction of sp³-hybridized carbons (Fsp3) is 0.308. The molecule has 108 valence electrons. The number of halogens is 2. The van der Waals surface area contributed by atoms with Gasteiger partial charge < -0.3 is 10.6 Å². The summed E-state index contributed by atoms with van der Waals surface area (Å²) in [6, 6.07) is 1.10. The Morgan fingerprint density at radius 3 is 2.65 bits per heavy atom. The van der Waals surface area contributed by atoms with Crippen LogP contribution < -0.4 is 21.9 Å². The van der Waals surface area contributed by atoms with Crippen LogP contribution in [0, 0.1) is 18.6 Å². The summed E-state index contributed by atoms with van der Waals surface area (Å²) in [5, 5.41) is 5.86. The maximum absolute atomic E-state index is 13.9. The molecule has 1 amide bonds. The Balaban J connectivity index is 2.56. The number of rotatable bonds is 1. The van der Waals surface area contributed by atoms with Gasteiger partial charge >= 0.3 is 0 Å². The summed E-state index contributed by atoms with van der Waals surface area (Å²) in [5.74, 6) is 2.68. The van der Waals surface area contributed by atoms with E-state index in [0.717, 1.165) is 6.07 Å². The SMILES string of the molecule is Cc1cc(F)c(F)c2c1NC(=CC(=O)NN)C(C)(C)N2. The molecule has 1 heterocycles. The number of nitrogens with one attached hydrogen (secondary N) is 3. The summed E-state index contributed by atoms with van der Waals surface area (Å²) in [6.45, 7) is 5.12. The third-order valence-corrected chi connectivity index (χ3v) is 3.20. The maximum atomic E-state index is 13.9. The number of hydrogen-bond donors (Lipinski definition) is 4. The van der Waals surface area contributed by atoms with Crippen molar-refractivity contribution in [2.45, 2.75) is 26.3 Å². The Hall–Kier alpha value is -2.15. The number of amides is 1. The first-order valence-electron chi connectivity index (χ1n) is 6.03. The van der Waals surface area contributed by atoms with E-state index in [4.69, 9.17) is 5.84 Å². The second kappa shape index (κ2) is 4.75. The lowest BCUT2D eigenvalue weighted by molar-refractivity contribution is -0.116. The molecule has 1 aliphatic heterocycles. The van der Waals surface area contributed by atoms with Crippen LogP contribution in [-0.4, -0.2) is 11.4 Å². The van der Waals surface area contributed by atoms with Gasteiger partial charge in [-0.3, -0.25) is 10.2 Å². The van der Waals surface area contributed by atoms with Gasteiger partial charge in [-0.05, 0) is 32.4 Å². The Morgan fingerprint density at radius 2 is 2.05 bits per heavy atom. The molecule has 0 unspecified atom stereocenters. The largest absolute Gasteiger partial charge is 0.370 e. The maximum Gasteiger partial charge on any atom is 0.259 e. The van der Waals surface area contributed by atoms with E-state index in [9.17, 15) is 13.6 Å². The lowest BCUT2D eigenvalue weighted by Crippen LogP contribution is -2.42. The number of carbonyl (C=O) groups is 1. The molecule has 5 nitrogen and oxygen atoms in total. The number of nitrogens with two attached hydrogens (primary N) is 1. The third kappa shape index (κ3) is 2.32. The van der Waals surface area contributed by atoms with Crippen LogP contribution in [0.1, 0.15) is 19.4 Å². The molecule has 0 atom stereocenters. The van der Waals surface area contributed by atoms with Crippen molar-refractivity contribution in [3.05, 3.63) is 35.0 Å². The number of benzene rings is 1. The number of aryl methyl sites for hydroxylation is 1. The zero-order valence-corrected chi connectivity index (χ0v) is 11.4. The highest BCUT2D eigenvalue weighted by atomic mass is 19.2. The summed E-state index contributed by atoms with van der Waals surface area (Å²) in [4.78, 5) is 11.4. The quantitative estimate of drug-likeness (QED) is 0.274. The first-order chi connectivity index (χ1) is 9.26. The molecule has 0 aromatic heterocycles. The van der Waals surface area contributed by atoms with Gasteiger partial charge in [0.15, 0.2) is 11.6 Å². The van der Waals surface area contributed by atoms with E-state index in [1.54, 1.807) is 20.8 Å². The minimum Gasteiger partial charge on any atom is -0.370 e. The molecule has 2 rings (SSSR count). The highest BCUT2D eigenvalue weighted by Crippen LogP contribution is 2.40. The van der Waals surface area contributed by atoms with Crippen LogP contribution >= 0.6 is 0 Å². The van der Waals surface area contributed by atoms with Crippen LogP contribution in [-0.2, 0) is 4.79 Å². The topological polar surface area (TPSA) is 79.2 Å². The minimum atomic E-state index is -0.950. The normalized spacial score (nSPS) is 18.0. The van der Waals surface area contributed by atoms with E-state index in [1.807, 2.05) is 5.43 Å². The van der Waals surface area contributed by atoms with Gasteiger partial charge in [0.2, 0.25) is 0 Å². The molecule has 0 saturated carbocycles. The van der Waals surface area contributed by atoms with E-state index in [2.05, 4.69) is 10.6 Å². The van der Waals surface area contributed by atoms with Crippen LogP contribution in [0.4, 0.5) is 20.2 Å². The standard InChI is InChI=1S/C13H16F2N4O/c1-6-4-7(14)10(15)12-11(6)17-8(5-9(20)19-16)13(2,3)18-12/h4-5,17-18H,16H2,1-3H3,(H,19,20). The summed E-state index contributed by atoms with van der Waals surface area (Å²) in [5.41, 5.74) is 2.70. The number of fused-ring (bicyclic) bond motifs is 1. The zero-order chi connectivity index (χ0) is 15.1. The van der Waals surface area contributed by atoms with Gasteiger partial charge in [0.25, 0.3) is 5.91 Å². The predicted octanol–water partition coefficient (Wildman–Crippen LogP) is 1.76.